The van der Waals surface area contributed by atoms with Crippen LogP contribution in [0.15, 0.2) is 0 Å². The molecule has 0 aliphatic rings. The van der Waals surface area contributed by atoms with Crippen molar-refractivity contribution in [2.75, 3.05) is 0 Å². The number of carboxylic acids is 1. The number of alkyl carbamates (subject to hydrolysis) is 1. The standard InChI is InChI=1S/C15H27NO6/c1-5-6-7-10(2)8-13(9-14(18)19)16-15(20)22-12(4)21-11(3)17/h10,12-13H,5-9H2,1-4H3,(H,16,20)(H,18,19)/t10-,12-,13+/m1/s1. The minimum atomic E-state index is -1.01. The maximum absolute atomic E-state index is 11.7. The smallest absolute Gasteiger partial charge is 0.410 e. The summed E-state index contributed by atoms with van der Waals surface area (Å²) in [6, 6.07) is -0.513. The summed E-state index contributed by atoms with van der Waals surface area (Å²) < 4.78 is 9.53. The van der Waals surface area contributed by atoms with Gasteiger partial charge in [0, 0.05) is 19.9 Å². The van der Waals surface area contributed by atoms with Crippen molar-refractivity contribution in [3.63, 3.8) is 0 Å². The van der Waals surface area contributed by atoms with Gasteiger partial charge in [0.2, 0.25) is 6.29 Å². The molecule has 0 radical (unpaired) electrons. The lowest BCUT2D eigenvalue weighted by atomic mass is 9.95. The first-order valence-electron chi connectivity index (χ1n) is 7.60. The van der Waals surface area contributed by atoms with E-state index in [2.05, 4.69) is 17.0 Å². The maximum atomic E-state index is 11.7. The molecule has 0 saturated heterocycles. The summed E-state index contributed by atoms with van der Waals surface area (Å²) in [5.74, 6) is -1.24. The number of hydrogen-bond acceptors (Lipinski definition) is 5. The Hall–Kier alpha value is -1.79. The molecule has 22 heavy (non-hydrogen) atoms. The lowest BCUT2D eigenvalue weighted by molar-refractivity contribution is -0.162. The zero-order chi connectivity index (χ0) is 17.1. The first kappa shape index (κ1) is 20.2. The average Bonchev–Trinajstić information content (AvgIpc) is 2.33. The molecule has 0 aromatic rings. The Morgan fingerprint density at radius 3 is 2.32 bits per heavy atom. The van der Waals surface area contributed by atoms with E-state index < -0.39 is 30.4 Å². The third-order valence-corrected chi connectivity index (χ3v) is 3.09. The normalized spacial score (nSPS) is 14.5. The van der Waals surface area contributed by atoms with Crippen molar-refractivity contribution in [2.24, 2.45) is 5.92 Å². The van der Waals surface area contributed by atoms with E-state index in [1.807, 2.05) is 6.92 Å². The Morgan fingerprint density at radius 2 is 1.82 bits per heavy atom. The summed E-state index contributed by atoms with van der Waals surface area (Å²) in [7, 11) is 0. The average molecular weight is 317 g/mol. The number of unbranched alkanes of at least 4 members (excludes halogenated alkanes) is 1. The second kappa shape index (κ2) is 10.9. The van der Waals surface area contributed by atoms with Gasteiger partial charge in [-0.25, -0.2) is 4.79 Å². The van der Waals surface area contributed by atoms with Gasteiger partial charge in [-0.2, -0.15) is 0 Å². The number of carbonyl (C=O) groups is 3. The van der Waals surface area contributed by atoms with Crippen molar-refractivity contribution in [1.82, 2.24) is 5.32 Å². The van der Waals surface area contributed by atoms with Crippen LogP contribution in [0.1, 0.15) is 59.8 Å². The number of carboxylic acid groups (broad SMARTS) is 1. The fraction of sp³-hybridized carbons (Fsp3) is 0.800. The van der Waals surface area contributed by atoms with Gasteiger partial charge < -0.3 is 19.9 Å². The van der Waals surface area contributed by atoms with E-state index >= 15 is 0 Å². The first-order valence-corrected chi connectivity index (χ1v) is 7.60. The number of hydrogen-bond donors (Lipinski definition) is 2. The highest BCUT2D eigenvalue weighted by Gasteiger charge is 2.21. The molecule has 7 nitrogen and oxygen atoms in total. The lowest BCUT2D eigenvalue weighted by Crippen LogP contribution is -2.39. The lowest BCUT2D eigenvalue weighted by Gasteiger charge is -2.21. The van der Waals surface area contributed by atoms with Crippen LogP contribution in [-0.4, -0.2) is 35.5 Å². The van der Waals surface area contributed by atoms with Gasteiger partial charge in [0.15, 0.2) is 0 Å². The van der Waals surface area contributed by atoms with E-state index in [1.54, 1.807) is 0 Å². The molecule has 0 aliphatic heterocycles. The van der Waals surface area contributed by atoms with Gasteiger partial charge in [0.25, 0.3) is 0 Å². The summed E-state index contributed by atoms with van der Waals surface area (Å²) in [5, 5.41) is 11.5. The highest BCUT2D eigenvalue weighted by atomic mass is 16.7. The summed E-state index contributed by atoms with van der Waals surface area (Å²) in [5.41, 5.74) is 0. The summed E-state index contributed by atoms with van der Waals surface area (Å²) in [6.07, 6.45) is 1.70. The van der Waals surface area contributed by atoms with Crippen LogP contribution in [0.3, 0.4) is 0 Å². The minimum absolute atomic E-state index is 0.173. The zero-order valence-corrected chi connectivity index (χ0v) is 13.8. The monoisotopic (exact) mass is 317 g/mol. The van der Waals surface area contributed by atoms with Gasteiger partial charge in [-0.3, -0.25) is 9.59 Å². The Bertz CT molecular complexity index is 371. The minimum Gasteiger partial charge on any atom is -0.481 e. The van der Waals surface area contributed by atoms with Gasteiger partial charge in [-0.15, -0.1) is 0 Å². The van der Waals surface area contributed by atoms with Crippen molar-refractivity contribution in [3.05, 3.63) is 0 Å². The van der Waals surface area contributed by atoms with Gasteiger partial charge in [0.1, 0.15) is 0 Å². The van der Waals surface area contributed by atoms with E-state index in [0.717, 1.165) is 19.3 Å². The summed E-state index contributed by atoms with van der Waals surface area (Å²) >= 11 is 0. The van der Waals surface area contributed by atoms with Crippen LogP contribution in [0.5, 0.6) is 0 Å². The van der Waals surface area contributed by atoms with Crippen molar-refractivity contribution in [3.8, 4) is 0 Å². The quantitative estimate of drug-likeness (QED) is 0.474. The van der Waals surface area contributed by atoms with Crippen LogP contribution in [-0.2, 0) is 19.1 Å². The zero-order valence-electron chi connectivity index (χ0n) is 13.8. The number of rotatable bonds is 10. The summed E-state index contributed by atoms with van der Waals surface area (Å²) in [4.78, 5) is 33.3. The molecule has 2 N–H and O–H groups in total. The van der Waals surface area contributed by atoms with Crippen molar-refractivity contribution < 1.29 is 29.0 Å². The molecule has 128 valence electrons. The van der Waals surface area contributed by atoms with Crippen LogP contribution in [0.2, 0.25) is 0 Å². The van der Waals surface area contributed by atoms with E-state index in [0.29, 0.717) is 12.3 Å². The molecule has 0 rings (SSSR count). The molecule has 0 spiro atoms. The van der Waals surface area contributed by atoms with Crippen molar-refractivity contribution >= 4 is 18.0 Å². The Kier molecular flexibility index (Phi) is 9.98. The number of esters is 1. The molecule has 0 unspecified atom stereocenters. The molecule has 1 amide bonds. The van der Waals surface area contributed by atoms with E-state index in [4.69, 9.17) is 9.84 Å². The fourth-order valence-electron chi connectivity index (χ4n) is 2.17. The van der Waals surface area contributed by atoms with Crippen LogP contribution < -0.4 is 5.32 Å². The Morgan fingerprint density at radius 1 is 1.18 bits per heavy atom. The summed E-state index contributed by atoms with van der Waals surface area (Å²) in [6.45, 7) is 6.74. The molecule has 0 bridgehead atoms. The molecular formula is C15H27NO6. The Labute approximate surface area is 131 Å². The van der Waals surface area contributed by atoms with E-state index in [9.17, 15) is 14.4 Å². The third kappa shape index (κ3) is 10.9. The number of ether oxygens (including phenoxy) is 2. The molecule has 7 heteroatoms. The van der Waals surface area contributed by atoms with Crippen LogP contribution in [0.25, 0.3) is 0 Å². The predicted octanol–water partition coefficient (Wildman–Crippen LogP) is 2.68. The number of amides is 1. The second-order valence-corrected chi connectivity index (χ2v) is 5.50. The number of carbonyl (C=O) groups excluding carboxylic acids is 2. The molecule has 0 fully saturated rings. The largest absolute Gasteiger partial charge is 0.481 e. The molecular weight excluding hydrogens is 290 g/mol. The molecule has 0 heterocycles. The SMILES string of the molecule is CCCC[C@@H](C)C[C@@H](CC(=O)O)NC(=O)O[C@H](C)OC(C)=O. The van der Waals surface area contributed by atoms with Crippen LogP contribution >= 0.6 is 0 Å². The fourth-order valence-corrected chi connectivity index (χ4v) is 2.17. The van der Waals surface area contributed by atoms with Crippen LogP contribution in [0.4, 0.5) is 4.79 Å². The molecule has 0 aromatic heterocycles. The molecule has 0 aromatic carbocycles. The number of nitrogens with one attached hydrogen (secondary N) is 1. The topological polar surface area (TPSA) is 102 Å². The van der Waals surface area contributed by atoms with Crippen molar-refractivity contribution in [1.29, 1.82) is 0 Å². The highest BCUT2D eigenvalue weighted by molar-refractivity contribution is 5.71. The maximum Gasteiger partial charge on any atom is 0.410 e. The number of aliphatic carboxylic acids is 1. The first-order chi connectivity index (χ1) is 10.2. The second-order valence-electron chi connectivity index (χ2n) is 5.50. The highest BCUT2D eigenvalue weighted by Crippen LogP contribution is 2.16. The van der Waals surface area contributed by atoms with E-state index in [-0.39, 0.29) is 6.42 Å². The predicted molar refractivity (Wildman–Crippen MR) is 80.2 cm³/mol. The molecule has 3 atom stereocenters. The molecule has 0 saturated carbocycles. The van der Waals surface area contributed by atoms with Crippen molar-refractivity contribution in [2.45, 2.75) is 72.1 Å². The van der Waals surface area contributed by atoms with Gasteiger partial charge in [-0.1, -0.05) is 33.1 Å². The molecule has 0 aliphatic carbocycles. The van der Waals surface area contributed by atoms with Crippen LogP contribution in [0, 0.1) is 5.92 Å². The van der Waals surface area contributed by atoms with E-state index in [1.165, 1.54) is 13.8 Å². The van der Waals surface area contributed by atoms with Gasteiger partial charge in [-0.05, 0) is 12.3 Å². The third-order valence-electron chi connectivity index (χ3n) is 3.09. The van der Waals surface area contributed by atoms with Gasteiger partial charge >= 0.3 is 18.0 Å². The van der Waals surface area contributed by atoms with Gasteiger partial charge in [0.05, 0.1) is 6.42 Å². The Balaban J connectivity index is 4.41.